The SMILES string of the molecule is COc1ccccc1/C=C/C(=O)N1CCCC(c2nnc3ccc(C(F)(F)F)cn23)C1. The lowest BCUT2D eigenvalue weighted by Crippen LogP contribution is -2.38. The third kappa shape index (κ3) is 4.40. The minimum atomic E-state index is -4.45. The molecule has 4 rings (SSSR count). The molecule has 162 valence electrons. The first kappa shape index (κ1) is 20.9. The number of halogens is 3. The molecular weight excluding hydrogens is 409 g/mol. The Bertz CT molecular complexity index is 1120. The van der Waals surface area contributed by atoms with E-state index in [1.165, 1.54) is 16.5 Å². The normalized spacial score (nSPS) is 17.4. The molecule has 6 nitrogen and oxygen atoms in total. The molecule has 9 heteroatoms. The van der Waals surface area contributed by atoms with Gasteiger partial charge in [-0.25, -0.2) is 0 Å². The van der Waals surface area contributed by atoms with E-state index in [0.717, 1.165) is 30.7 Å². The molecule has 3 aromatic rings. The molecule has 1 amide bonds. The van der Waals surface area contributed by atoms with Crippen molar-refractivity contribution in [3.63, 3.8) is 0 Å². The molecule has 0 saturated carbocycles. The maximum atomic E-state index is 13.1. The van der Waals surface area contributed by atoms with Crippen molar-refractivity contribution in [1.82, 2.24) is 19.5 Å². The van der Waals surface area contributed by atoms with E-state index in [1.807, 2.05) is 24.3 Å². The highest BCUT2D eigenvalue weighted by atomic mass is 19.4. The number of fused-ring (bicyclic) bond motifs is 1. The molecule has 1 aliphatic rings. The molecular formula is C22H21F3N4O2. The molecule has 2 aromatic heterocycles. The van der Waals surface area contributed by atoms with Crippen LogP contribution in [0, 0.1) is 0 Å². The summed E-state index contributed by atoms with van der Waals surface area (Å²) in [5.41, 5.74) is 0.377. The predicted octanol–water partition coefficient (Wildman–Crippen LogP) is 4.18. The number of nitrogens with zero attached hydrogens (tertiary/aromatic N) is 4. The highest BCUT2D eigenvalue weighted by Crippen LogP contribution is 2.31. The van der Waals surface area contributed by atoms with E-state index in [-0.39, 0.29) is 11.8 Å². The third-order valence-corrected chi connectivity index (χ3v) is 5.40. The smallest absolute Gasteiger partial charge is 0.417 e. The number of alkyl halides is 3. The molecule has 1 unspecified atom stereocenters. The summed E-state index contributed by atoms with van der Waals surface area (Å²) in [7, 11) is 1.57. The number of rotatable bonds is 4. The molecule has 0 radical (unpaired) electrons. The van der Waals surface area contributed by atoms with Gasteiger partial charge in [-0.05, 0) is 37.1 Å². The number of hydrogen-bond donors (Lipinski definition) is 0. The fourth-order valence-corrected chi connectivity index (χ4v) is 3.81. The van der Waals surface area contributed by atoms with Gasteiger partial charge in [0.05, 0.1) is 12.7 Å². The summed E-state index contributed by atoms with van der Waals surface area (Å²) in [5, 5.41) is 8.12. The van der Waals surface area contributed by atoms with Crippen LogP contribution in [0.15, 0.2) is 48.7 Å². The van der Waals surface area contributed by atoms with Crippen LogP contribution in [0.1, 0.15) is 35.7 Å². The van der Waals surface area contributed by atoms with Gasteiger partial charge in [0.1, 0.15) is 11.6 Å². The fraction of sp³-hybridized carbons (Fsp3) is 0.318. The molecule has 1 saturated heterocycles. The zero-order valence-electron chi connectivity index (χ0n) is 16.8. The topological polar surface area (TPSA) is 59.7 Å². The highest BCUT2D eigenvalue weighted by molar-refractivity contribution is 5.92. The van der Waals surface area contributed by atoms with Crippen LogP contribution in [-0.2, 0) is 11.0 Å². The van der Waals surface area contributed by atoms with Crippen LogP contribution in [0.25, 0.3) is 11.7 Å². The summed E-state index contributed by atoms with van der Waals surface area (Å²) in [4.78, 5) is 14.4. The Kier molecular flexibility index (Phi) is 5.67. The molecule has 1 atom stereocenters. The number of para-hydroxylation sites is 1. The largest absolute Gasteiger partial charge is 0.496 e. The fourth-order valence-electron chi connectivity index (χ4n) is 3.81. The average Bonchev–Trinajstić information content (AvgIpc) is 3.20. The second-order valence-corrected chi connectivity index (χ2v) is 7.40. The maximum absolute atomic E-state index is 13.1. The number of carbonyl (C=O) groups is 1. The van der Waals surface area contributed by atoms with Crippen molar-refractivity contribution in [2.75, 3.05) is 20.2 Å². The molecule has 0 spiro atoms. The minimum absolute atomic E-state index is 0.166. The van der Waals surface area contributed by atoms with Gasteiger partial charge in [-0.1, -0.05) is 18.2 Å². The van der Waals surface area contributed by atoms with Crippen molar-refractivity contribution in [3.8, 4) is 5.75 Å². The van der Waals surface area contributed by atoms with Crippen molar-refractivity contribution in [3.05, 3.63) is 65.6 Å². The number of amides is 1. The number of aromatic nitrogens is 3. The van der Waals surface area contributed by atoms with Crippen LogP contribution in [0.3, 0.4) is 0 Å². The summed E-state index contributed by atoms with van der Waals surface area (Å²) >= 11 is 0. The average molecular weight is 430 g/mol. The zero-order valence-corrected chi connectivity index (χ0v) is 16.8. The Hall–Kier alpha value is -3.36. The Morgan fingerprint density at radius 3 is 2.77 bits per heavy atom. The Morgan fingerprint density at radius 2 is 2.00 bits per heavy atom. The highest BCUT2D eigenvalue weighted by Gasteiger charge is 2.32. The van der Waals surface area contributed by atoms with Gasteiger partial charge in [-0.2, -0.15) is 13.2 Å². The van der Waals surface area contributed by atoms with Gasteiger partial charge in [0.25, 0.3) is 0 Å². The van der Waals surface area contributed by atoms with Crippen molar-refractivity contribution in [2.45, 2.75) is 24.9 Å². The van der Waals surface area contributed by atoms with Gasteiger partial charge >= 0.3 is 6.18 Å². The van der Waals surface area contributed by atoms with Crippen molar-refractivity contribution in [1.29, 1.82) is 0 Å². The Morgan fingerprint density at radius 1 is 1.19 bits per heavy atom. The second-order valence-electron chi connectivity index (χ2n) is 7.40. The van der Waals surface area contributed by atoms with Crippen LogP contribution in [0.2, 0.25) is 0 Å². The lowest BCUT2D eigenvalue weighted by Gasteiger charge is -2.31. The van der Waals surface area contributed by atoms with Crippen molar-refractivity contribution in [2.24, 2.45) is 0 Å². The maximum Gasteiger partial charge on any atom is 0.417 e. The number of carbonyl (C=O) groups excluding carboxylic acids is 1. The first-order valence-electron chi connectivity index (χ1n) is 9.88. The first-order valence-corrected chi connectivity index (χ1v) is 9.88. The predicted molar refractivity (Wildman–Crippen MR) is 109 cm³/mol. The number of likely N-dealkylation sites (tertiary alicyclic amines) is 1. The molecule has 0 N–H and O–H groups in total. The molecule has 0 aliphatic carbocycles. The number of ether oxygens (including phenoxy) is 1. The monoisotopic (exact) mass is 430 g/mol. The van der Waals surface area contributed by atoms with Crippen LogP contribution in [-0.4, -0.2) is 45.6 Å². The molecule has 1 aromatic carbocycles. The van der Waals surface area contributed by atoms with E-state index in [2.05, 4.69) is 10.2 Å². The molecule has 1 aliphatic heterocycles. The molecule has 1 fully saturated rings. The van der Waals surface area contributed by atoms with E-state index in [0.29, 0.717) is 30.3 Å². The van der Waals surface area contributed by atoms with Crippen LogP contribution in [0.4, 0.5) is 13.2 Å². The summed E-state index contributed by atoms with van der Waals surface area (Å²) in [6.07, 6.45) is 1.21. The summed E-state index contributed by atoms with van der Waals surface area (Å²) < 4.78 is 46.0. The van der Waals surface area contributed by atoms with Crippen molar-refractivity contribution < 1.29 is 22.7 Å². The third-order valence-electron chi connectivity index (χ3n) is 5.40. The van der Waals surface area contributed by atoms with E-state index < -0.39 is 11.7 Å². The summed E-state index contributed by atoms with van der Waals surface area (Å²) in [5.74, 6) is 0.738. The molecule has 0 bridgehead atoms. The van der Waals surface area contributed by atoms with Crippen molar-refractivity contribution >= 4 is 17.6 Å². The number of hydrogen-bond acceptors (Lipinski definition) is 4. The van der Waals surface area contributed by atoms with E-state index in [9.17, 15) is 18.0 Å². The molecule has 3 heterocycles. The number of benzene rings is 1. The first-order chi connectivity index (χ1) is 14.9. The lowest BCUT2D eigenvalue weighted by atomic mass is 9.97. The van der Waals surface area contributed by atoms with Gasteiger partial charge < -0.3 is 9.64 Å². The van der Waals surface area contributed by atoms with Crippen LogP contribution >= 0.6 is 0 Å². The quantitative estimate of drug-likeness (QED) is 0.583. The van der Waals surface area contributed by atoms with Crippen LogP contribution in [0.5, 0.6) is 5.75 Å². The standard InChI is InChI=1S/C22H21F3N4O2/c1-31-18-7-3-2-5-15(18)8-11-20(30)28-12-4-6-16(13-28)21-27-26-19-10-9-17(14-29(19)21)22(23,24)25/h2-3,5,7-11,14,16H,4,6,12-13H2,1H3/b11-8+. The molecule has 31 heavy (non-hydrogen) atoms. The number of pyridine rings is 1. The van der Waals surface area contributed by atoms with E-state index in [1.54, 1.807) is 18.1 Å². The zero-order chi connectivity index (χ0) is 22.0. The summed E-state index contributed by atoms with van der Waals surface area (Å²) in [6.45, 7) is 0.947. The van der Waals surface area contributed by atoms with Gasteiger partial charge in [0.15, 0.2) is 5.65 Å². The Balaban J connectivity index is 1.53. The lowest BCUT2D eigenvalue weighted by molar-refractivity contribution is -0.137. The van der Waals surface area contributed by atoms with E-state index in [4.69, 9.17) is 4.74 Å². The van der Waals surface area contributed by atoms with Gasteiger partial charge in [-0.15, -0.1) is 10.2 Å². The number of piperidine rings is 1. The van der Waals surface area contributed by atoms with Gasteiger partial charge in [0.2, 0.25) is 5.91 Å². The van der Waals surface area contributed by atoms with E-state index >= 15 is 0 Å². The Labute approximate surface area is 176 Å². The van der Waals surface area contributed by atoms with Gasteiger partial charge in [-0.3, -0.25) is 9.20 Å². The van der Waals surface area contributed by atoms with Crippen LogP contribution < -0.4 is 4.74 Å². The second kappa shape index (κ2) is 8.41. The summed E-state index contributed by atoms with van der Waals surface area (Å²) in [6, 6.07) is 9.67. The minimum Gasteiger partial charge on any atom is -0.496 e. The van der Waals surface area contributed by atoms with Gasteiger partial charge in [0, 0.05) is 36.8 Å². The number of methoxy groups -OCH3 is 1.